The maximum absolute atomic E-state index is 14.3. The first-order valence-corrected chi connectivity index (χ1v) is 19.4. The third kappa shape index (κ3) is 9.14. The van der Waals surface area contributed by atoms with Gasteiger partial charge in [0.15, 0.2) is 0 Å². The molecule has 4 N–H and O–H groups in total. The summed E-state index contributed by atoms with van der Waals surface area (Å²) in [5.41, 5.74) is 3.85. The Hall–Kier alpha value is -5.88. The normalized spacial score (nSPS) is 21.1. The second-order valence-corrected chi connectivity index (χ2v) is 15.2. The fourth-order valence-corrected chi connectivity index (χ4v) is 8.42. The number of carbonyl (C=O) groups is 4. The summed E-state index contributed by atoms with van der Waals surface area (Å²) in [5, 5.41) is 32.5. The summed E-state index contributed by atoms with van der Waals surface area (Å²) in [5.74, 6) is -1.87. The highest BCUT2D eigenvalue weighted by atomic mass is 16.3. The summed E-state index contributed by atoms with van der Waals surface area (Å²) in [6.07, 6.45) is 3.71. The minimum Gasteiger partial charge on any atom is -0.508 e. The molecular weight excluding hydrogens is 711 g/mol. The van der Waals surface area contributed by atoms with Crippen LogP contribution < -0.4 is 5.32 Å². The molecule has 4 aromatic rings. The van der Waals surface area contributed by atoms with Gasteiger partial charge in [-0.25, -0.2) is 0 Å². The Bertz CT molecular complexity index is 1990. The Morgan fingerprint density at radius 3 is 1.84 bits per heavy atom. The lowest BCUT2D eigenvalue weighted by molar-refractivity contribution is -0.161. The van der Waals surface area contributed by atoms with E-state index in [1.807, 2.05) is 66.7 Å². The van der Waals surface area contributed by atoms with Gasteiger partial charge in [0.1, 0.15) is 17.2 Å². The van der Waals surface area contributed by atoms with Crippen LogP contribution in [0.25, 0.3) is 0 Å². The number of aromatic hydroxyl groups is 3. The van der Waals surface area contributed by atoms with Gasteiger partial charge in [-0.3, -0.25) is 24.1 Å². The van der Waals surface area contributed by atoms with E-state index in [1.54, 1.807) is 51.1 Å². The van der Waals surface area contributed by atoms with Gasteiger partial charge in [0, 0.05) is 44.8 Å². The SMILES string of the molecule is O=C1NC[C@H](Cc2ccc(O)cc2)N(C[C@H]2CCCN2C[C@H](Cc2ccc(O)cc2)N2C[C@H](Cc3ccc(O)cc3)N(CCc3ccccc3)C(=O)C2=O)C1=O. The number of benzene rings is 4. The number of hydrogen-bond donors (Lipinski definition) is 4. The molecule has 0 aromatic heterocycles. The van der Waals surface area contributed by atoms with Crippen LogP contribution >= 0.6 is 0 Å². The van der Waals surface area contributed by atoms with Crippen LogP contribution in [0.4, 0.5) is 0 Å². The molecule has 4 aromatic carbocycles. The van der Waals surface area contributed by atoms with E-state index in [-0.39, 0.29) is 35.4 Å². The Balaban J connectivity index is 1.14. The third-order valence-electron chi connectivity index (χ3n) is 11.4. The molecule has 12 nitrogen and oxygen atoms in total. The summed E-state index contributed by atoms with van der Waals surface area (Å²) >= 11 is 0. The molecule has 7 rings (SSSR count). The number of piperazine rings is 2. The van der Waals surface area contributed by atoms with Gasteiger partial charge in [-0.1, -0.05) is 66.7 Å². The number of amides is 4. The summed E-state index contributed by atoms with van der Waals surface area (Å²) in [6, 6.07) is 29.5. The molecule has 56 heavy (non-hydrogen) atoms. The molecular formula is C44H49N5O7. The van der Waals surface area contributed by atoms with Crippen molar-refractivity contribution in [3.8, 4) is 17.2 Å². The number of phenolic OH excluding ortho intramolecular Hbond substituents is 3. The predicted molar refractivity (Wildman–Crippen MR) is 210 cm³/mol. The van der Waals surface area contributed by atoms with Crippen molar-refractivity contribution in [1.29, 1.82) is 0 Å². The number of carbonyl (C=O) groups excluding carboxylic acids is 4. The number of rotatable bonds is 14. The Morgan fingerprint density at radius 2 is 1.21 bits per heavy atom. The van der Waals surface area contributed by atoms with Gasteiger partial charge in [-0.2, -0.15) is 0 Å². The van der Waals surface area contributed by atoms with Gasteiger partial charge in [0.05, 0.1) is 12.1 Å². The summed E-state index contributed by atoms with van der Waals surface area (Å²) in [6.45, 7) is 2.51. The molecule has 4 atom stereocenters. The molecule has 0 bridgehead atoms. The lowest BCUT2D eigenvalue weighted by Crippen LogP contribution is -2.65. The Labute approximate surface area is 327 Å². The largest absolute Gasteiger partial charge is 0.508 e. The topological polar surface area (TPSA) is 154 Å². The van der Waals surface area contributed by atoms with Crippen molar-refractivity contribution >= 4 is 23.6 Å². The number of nitrogens with zero attached hydrogens (tertiary/aromatic N) is 4. The summed E-state index contributed by atoms with van der Waals surface area (Å²) in [4.78, 5) is 61.9. The minimum atomic E-state index is -0.629. The van der Waals surface area contributed by atoms with Crippen LogP contribution in [0.3, 0.4) is 0 Å². The van der Waals surface area contributed by atoms with Crippen LogP contribution in [0, 0.1) is 0 Å². The Kier molecular flexibility index (Phi) is 11.9. The van der Waals surface area contributed by atoms with E-state index >= 15 is 0 Å². The van der Waals surface area contributed by atoms with E-state index in [4.69, 9.17) is 0 Å². The second kappa shape index (κ2) is 17.3. The first-order valence-electron chi connectivity index (χ1n) is 19.4. The van der Waals surface area contributed by atoms with Crippen LogP contribution in [0.1, 0.15) is 35.1 Å². The van der Waals surface area contributed by atoms with Crippen LogP contribution in [-0.4, -0.2) is 122 Å². The monoisotopic (exact) mass is 759 g/mol. The molecule has 4 amide bonds. The van der Waals surface area contributed by atoms with Crippen LogP contribution in [0.15, 0.2) is 103 Å². The van der Waals surface area contributed by atoms with E-state index < -0.39 is 29.7 Å². The van der Waals surface area contributed by atoms with Crippen molar-refractivity contribution in [3.63, 3.8) is 0 Å². The third-order valence-corrected chi connectivity index (χ3v) is 11.4. The molecule has 0 aliphatic carbocycles. The van der Waals surface area contributed by atoms with Crippen molar-refractivity contribution in [1.82, 2.24) is 24.9 Å². The highest BCUT2D eigenvalue weighted by molar-refractivity contribution is 6.36. The van der Waals surface area contributed by atoms with Gasteiger partial charge in [-0.15, -0.1) is 0 Å². The highest BCUT2D eigenvalue weighted by Gasteiger charge is 2.44. The number of phenols is 3. The molecule has 0 radical (unpaired) electrons. The van der Waals surface area contributed by atoms with E-state index in [9.17, 15) is 34.5 Å². The van der Waals surface area contributed by atoms with E-state index in [0.29, 0.717) is 58.4 Å². The molecule has 12 heteroatoms. The zero-order valence-corrected chi connectivity index (χ0v) is 31.4. The molecule has 292 valence electrons. The molecule has 3 fully saturated rings. The van der Waals surface area contributed by atoms with Crippen molar-refractivity contribution in [2.24, 2.45) is 0 Å². The molecule has 3 aliphatic rings. The fraction of sp³-hybridized carbons (Fsp3) is 0.364. The highest BCUT2D eigenvalue weighted by Crippen LogP contribution is 2.27. The van der Waals surface area contributed by atoms with Gasteiger partial charge in [0.2, 0.25) is 0 Å². The molecule has 3 saturated heterocycles. The predicted octanol–water partition coefficient (Wildman–Crippen LogP) is 3.27. The molecule has 0 unspecified atom stereocenters. The standard InChI is InChI=1S/C44H49N5O7/c50-38-14-8-31(9-15-38)23-35-26-45-41(53)42(54)48(35)28-34-7-4-21-46(34)27-36(24-32-10-16-39(51)17-11-32)49-29-37(25-33-12-18-40(52)19-13-33)47(43(55)44(49)56)22-20-30-5-2-1-3-6-30/h1-3,5-6,8-19,34-37,50-52H,4,7,20-29H2,(H,45,53)/t34-,35+,36+,37+/m1/s1. The molecule has 3 aliphatic heterocycles. The van der Waals surface area contributed by atoms with Crippen LogP contribution in [0.2, 0.25) is 0 Å². The fourth-order valence-electron chi connectivity index (χ4n) is 8.42. The molecule has 0 saturated carbocycles. The van der Waals surface area contributed by atoms with Crippen LogP contribution in [-0.2, 0) is 44.9 Å². The number of nitrogens with one attached hydrogen (secondary N) is 1. The van der Waals surface area contributed by atoms with Gasteiger partial charge < -0.3 is 35.3 Å². The van der Waals surface area contributed by atoms with Crippen molar-refractivity contribution < 1.29 is 34.5 Å². The second-order valence-electron chi connectivity index (χ2n) is 15.2. The smallest absolute Gasteiger partial charge is 0.312 e. The molecule has 0 spiro atoms. The minimum absolute atomic E-state index is 0.0831. The average Bonchev–Trinajstić information content (AvgIpc) is 3.64. The van der Waals surface area contributed by atoms with E-state index in [0.717, 1.165) is 41.6 Å². The van der Waals surface area contributed by atoms with Crippen LogP contribution in [0.5, 0.6) is 17.2 Å². The average molecular weight is 760 g/mol. The lowest BCUT2D eigenvalue weighted by atomic mass is 9.96. The summed E-state index contributed by atoms with van der Waals surface area (Å²) in [7, 11) is 0. The summed E-state index contributed by atoms with van der Waals surface area (Å²) < 4.78 is 0. The quantitative estimate of drug-likeness (QED) is 0.143. The lowest BCUT2D eigenvalue weighted by Gasteiger charge is -2.45. The van der Waals surface area contributed by atoms with E-state index in [2.05, 4.69) is 10.2 Å². The number of likely N-dealkylation sites (tertiary alicyclic amines) is 1. The first kappa shape index (κ1) is 38.4. The first-order chi connectivity index (χ1) is 27.1. The van der Waals surface area contributed by atoms with Crippen molar-refractivity contribution in [2.45, 2.75) is 62.7 Å². The van der Waals surface area contributed by atoms with Gasteiger partial charge in [-0.05, 0) is 104 Å². The zero-order chi connectivity index (χ0) is 39.2. The molecule has 3 heterocycles. The number of hydrogen-bond acceptors (Lipinski definition) is 8. The zero-order valence-electron chi connectivity index (χ0n) is 31.4. The Morgan fingerprint density at radius 1 is 0.625 bits per heavy atom. The van der Waals surface area contributed by atoms with Crippen molar-refractivity contribution in [2.75, 3.05) is 39.3 Å². The van der Waals surface area contributed by atoms with Gasteiger partial charge in [0.25, 0.3) is 0 Å². The maximum atomic E-state index is 14.3. The maximum Gasteiger partial charge on any atom is 0.312 e. The van der Waals surface area contributed by atoms with Gasteiger partial charge >= 0.3 is 23.6 Å². The van der Waals surface area contributed by atoms with E-state index in [1.165, 1.54) is 0 Å². The van der Waals surface area contributed by atoms with Crippen molar-refractivity contribution in [3.05, 3.63) is 125 Å².